The molecule has 1 aromatic rings. The van der Waals surface area contributed by atoms with E-state index in [1.807, 2.05) is 0 Å². The first-order valence-electron chi connectivity index (χ1n) is 3.51. The molecule has 4 heteroatoms. The van der Waals surface area contributed by atoms with Crippen LogP contribution in [0, 0.1) is 11.8 Å². The fraction of sp³-hybridized carbons (Fsp3) is 0.111. The molecule has 0 spiro atoms. The Morgan fingerprint density at radius 1 is 1.62 bits per heavy atom. The van der Waals surface area contributed by atoms with Crippen molar-refractivity contribution in [1.82, 2.24) is 4.98 Å². The normalized spacial score (nSPS) is 8.38. The Bertz CT molecular complexity index is 422. The minimum atomic E-state index is -0.635. The van der Waals surface area contributed by atoms with Crippen molar-refractivity contribution in [3.05, 3.63) is 34.2 Å². The van der Waals surface area contributed by atoms with E-state index in [1.165, 1.54) is 25.4 Å². The highest BCUT2D eigenvalue weighted by atomic mass is 16.5. The zero-order valence-corrected chi connectivity index (χ0v) is 6.96. The number of ether oxygens (including phenoxy) is 1. The van der Waals surface area contributed by atoms with Gasteiger partial charge in [-0.05, 0) is 5.92 Å². The van der Waals surface area contributed by atoms with E-state index < -0.39 is 5.97 Å². The van der Waals surface area contributed by atoms with Crippen LogP contribution in [0.25, 0.3) is 0 Å². The van der Waals surface area contributed by atoms with E-state index in [0.717, 1.165) is 0 Å². The predicted octanol–water partition coefficient (Wildman–Crippen LogP) is -0.101. The van der Waals surface area contributed by atoms with Gasteiger partial charge >= 0.3 is 5.97 Å². The summed E-state index contributed by atoms with van der Waals surface area (Å²) in [4.78, 5) is 24.1. The quantitative estimate of drug-likeness (QED) is 0.444. The fourth-order valence-electron chi connectivity index (χ4n) is 0.687. The number of nitrogens with one attached hydrogen (secondary N) is 1. The highest BCUT2D eigenvalue weighted by Gasteiger charge is 1.90. The molecule has 0 atom stereocenters. The van der Waals surface area contributed by atoms with Crippen LogP contribution >= 0.6 is 0 Å². The maximum Gasteiger partial charge on any atom is 0.384 e. The van der Waals surface area contributed by atoms with E-state index in [0.29, 0.717) is 5.69 Å². The number of carbonyl (C=O) groups excluding carboxylic acids is 1. The lowest BCUT2D eigenvalue weighted by Gasteiger charge is -1.87. The number of carbonyl (C=O) groups is 1. The Labute approximate surface area is 74.5 Å². The first-order valence-corrected chi connectivity index (χ1v) is 3.51. The fourth-order valence-corrected chi connectivity index (χ4v) is 0.687. The molecule has 0 aliphatic rings. The molecular formula is C9H7NO3. The zero-order valence-electron chi connectivity index (χ0n) is 6.96. The van der Waals surface area contributed by atoms with Crippen molar-refractivity contribution in [2.45, 2.75) is 0 Å². The zero-order chi connectivity index (χ0) is 9.68. The van der Waals surface area contributed by atoms with E-state index in [1.54, 1.807) is 0 Å². The van der Waals surface area contributed by atoms with Crippen LogP contribution in [0.5, 0.6) is 0 Å². The summed E-state index contributed by atoms with van der Waals surface area (Å²) in [6, 6.07) is 2.67. The third-order valence-electron chi connectivity index (χ3n) is 1.26. The lowest BCUT2D eigenvalue weighted by atomic mass is 10.3. The Balaban J connectivity index is 2.90. The van der Waals surface area contributed by atoms with Crippen LogP contribution < -0.4 is 5.43 Å². The number of aromatic amines is 1. The van der Waals surface area contributed by atoms with Gasteiger partial charge in [-0.25, -0.2) is 4.79 Å². The molecule has 0 saturated heterocycles. The highest BCUT2D eigenvalue weighted by molar-refractivity contribution is 5.88. The summed E-state index contributed by atoms with van der Waals surface area (Å²) in [6.07, 6.45) is 1.46. The van der Waals surface area contributed by atoms with E-state index in [4.69, 9.17) is 0 Å². The third-order valence-corrected chi connectivity index (χ3v) is 1.26. The minimum absolute atomic E-state index is 0.159. The van der Waals surface area contributed by atoms with Crippen molar-refractivity contribution >= 4 is 5.97 Å². The number of methoxy groups -OCH3 is 1. The van der Waals surface area contributed by atoms with Crippen LogP contribution in [0.15, 0.2) is 23.1 Å². The van der Waals surface area contributed by atoms with E-state index >= 15 is 0 Å². The van der Waals surface area contributed by atoms with Crippen LogP contribution in [-0.4, -0.2) is 18.1 Å². The Kier molecular flexibility index (Phi) is 2.87. The topological polar surface area (TPSA) is 59.2 Å². The molecule has 0 fully saturated rings. The van der Waals surface area contributed by atoms with Gasteiger partial charge in [0.2, 0.25) is 0 Å². The van der Waals surface area contributed by atoms with Gasteiger partial charge in [0.05, 0.1) is 12.8 Å². The molecule has 13 heavy (non-hydrogen) atoms. The first kappa shape index (κ1) is 9.07. The Morgan fingerprint density at radius 2 is 2.38 bits per heavy atom. The molecule has 1 rings (SSSR count). The molecule has 4 nitrogen and oxygen atoms in total. The lowest BCUT2D eigenvalue weighted by Crippen LogP contribution is -1.99. The minimum Gasteiger partial charge on any atom is -0.459 e. The monoisotopic (exact) mass is 177 g/mol. The molecule has 0 bridgehead atoms. The van der Waals surface area contributed by atoms with E-state index in [2.05, 4.69) is 21.6 Å². The lowest BCUT2D eigenvalue weighted by molar-refractivity contribution is -0.133. The van der Waals surface area contributed by atoms with Gasteiger partial charge in [-0.15, -0.1) is 0 Å². The van der Waals surface area contributed by atoms with Crippen LogP contribution in [0.3, 0.4) is 0 Å². The molecule has 66 valence electrons. The summed E-state index contributed by atoms with van der Waals surface area (Å²) < 4.78 is 4.30. The van der Waals surface area contributed by atoms with Crippen molar-refractivity contribution in [2.24, 2.45) is 0 Å². The highest BCUT2D eigenvalue weighted by Crippen LogP contribution is 1.83. The molecule has 1 N–H and O–H groups in total. The largest absolute Gasteiger partial charge is 0.459 e. The van der Waals surface area contributed by atoms with Gasteiger partial charge < -0.3 is 9.72 Å². The number of esters is 1. The second kappa shape index (κ2) is 4.12. The Morgan fingerprint density at radius 3 is 3.00 bits per heavy atom. The summed E-state index contributed by atoms with van der Waals surface area (Å²) in [5.74, 6) is 4.02. The molecule has 0 radical (unpaired) electrons. The molecular weight excluding hydrogens is 170 g/mol. The number of rotatable bonds is 0. The molecule has 0 aliphatic carbocycles. The van der Waals surface area contributed by atoms with Gasteiger partial charge in [0.15, 0.2) is 5.43 Å². The average molecular weight is 177 g/mol. The number of pyridine rings is 1. The van der Waals surface area contributed by atoms with E-state index in [9.17, 15) is 9.59 Å². The number of hydrogen-bond acceptors (Lipinski definition) is 3. The molecule has 1 heterocycles. The summed E-state index contributed by atoms with van der Waals surface area (Å²) >= 11 is 0. The van der Waals surface area contributed by atoms with Crippen molar-refractivity contribution < 1.29 is 9.53 Å². The van der Waals surface area contributed by atoms with Gasteiger partial charge in [0, 0.05) is 24.3 Å². The van der Waals surface area contributed by atoms with Crippen LogP contribution in [0.2, 0.25) is 0 Å². The maximum absolute atomic E-state index is 10.8. The van der Waals surface area contributed by atoms with Crippen molar-refractivity contribution in [1.29, 1.82) is 0 Å². The van der Waals surface area contributed by atoms with Crippen LogP contribution in [0.4, 0.5) is 0 Å². The molecule has 0 aliphatic heterocycles. The van der Waals surface area contributed by atoms with E-state index in [-0.39, 0.29) is 5.43 Å². The SMILES string of the molecule is COC(=O)C#Cc1cc(=O)cc[nH]1. The Hall–Kier alpha value is -2.02. The molecule has 0 aromatic carbocycles. The first-order chi connectivity index (χ1) is 6.22. The number of hydrogen-bond donors (Lipinski definition) is 1. The van der Waals surface area contributed by atoms with Crippen LogP contribution in [-0.2, 0) is 9.53 Å². The molecule has 0 unspecified atom stereocenters. The molecule has 0 saturated carbocycles. The summed E-state index contributed by atoms with van der Waals surface area (Å²) in [6.45, 7) is 0. The van der Waals surface area contributed by atoms with Crippen molar-refractivity contribution in [3.8, 4) is 11.8 Å². The number of aromatic nitrogens is 1. The predicted molar refractivity (Wildman–Crippen MR) is 46.0 cm³/mol. The summed E-state index contributed by atoms with van der Waals surface area (Å²) in [7, 11) is 1.24. The smallest absolute Gasteiger partial charge is 0.384 e. The van der Waals surface area contributed by atoms with Gasteiger partial charge in [0.25, 0.3) is 0 Å². The number of H-pyrrole nitrogens is 1. The van der Waals surface area contributed by atoms with Crippen molar-refractivity contribution in [3.63, 3.8) is 0 Å². The molecule has 1 aromatic heterocycles. The van der Waals surface area contributed by atoms with Gasteiger partial charge in [0.1, 0.15) is 0 Å². The average Bonchev–Trinajstić information content (AvgIpc) is 2.14. The van der Waals surface area contributed by atoms with Gasteiger partial charge in [-0.3, -0.25) is 4.79 Å². The third kappa shape index (κ3) is 2.83. The summed E-state index contributed by atoms with van der Waals surface area (Å²) in [5, 5.41) is 0. The second-order valence-electron chi connectivity index (χ2n) is 2.18. The standard InChI is InChI=1S/C9H7NO3/c1-13-9(12)3-2-7-6-8(11)4-5-10-7/h4-6H,1H3,(H,10,11). The molecule has 0 amide bonds. The van der Waals surface area contributed by atoms with Gasteiger partial charge in [-0.2, -0.15) is 0 Å². The van der Waals surface area contributed by atoms with Crippen LogP contribution in [0.1, 0.15) is 5.69 Å². The van der Waals surface area contributed by atoms with Gasteiger partial charge in [-0.1, -0.05) is 0 Å². The van der Waals surface area contributed by atoms with Crippen molar-refractivity contribution in [2.75, 3.05) is 7.11 Å². The second-order valence-corrected chi connectivity index (χ2v) is 2.18. The maximum atomic E-state index is 10.8. The summed E-state index contributed by atoms with van der Waals surface area (Å²) in [5.41, 5.74) is 0.228.